The highest BCUT2D eigenvalue weighted by Crippen LogP contribution is 2.46. The van der Waals surface area contributed by atoms with Crippen LogP contribution in [0.5, 0.6) is 5.75 Å². The van der Waals surface area contributed by atoms with E-state index in [9.17, 15) is 13.6 Å². The predicted molar refractivity (Wildman–Crippen MR) is 72.9 cm³/mol. The van der Waals surface area contributed by atoms with Crippen LogP contribution in [-0.4, -0.2) is 29.5 Å². The van der Waals surface area contributed by atoms with Gasteiger partial charge >= 0.3 is 6.61 Å². The molecule has 21 heavy (non-hydrogen) atoms. The summed E-state index contributed by atoms with van der Waals surface area (Å²) < 4.78 is 28.7. The quantitative estimate of drug-likeness (QED) is 0.908. The van der Waals surface area contributed by atoms with Crippen molar-refractivity contribution < 1.29 is 18.3 Å². The van der Waals surface area contributed by atoms with Gasteiger partial charge in [0.1, 0.15) is 17.5 Å². The zero-order valence-corrected chi connectivity index (χ0v) is 11.8. The van der Waals surface area contributed by atoms with Crippen LogP contribution in [0.2, 0.25) is 0 Å². The molecule has 2 aliphatic rings. The molecule has 1 saturated carbocycles. The van der Waals surface area contributed by atoms with Crippen LogP contribution in [0.4, 0.5) is 8.78 Å². The Balaban J connectivity index is 1.80. The van der Waals surface area contributed by atoms with E-state index < -0.39 is 6.61 Å². The summed E-state index contributed by atoms with van der Waals surface area (Å²) in [5.41, 5.74) is 0.514. The minimum Gasteiger partial charge on any atom is -0.435 e. The van der Waals surface area contributed by atoms with Gasteiger partial charge in [0, 0.05) is 6.54 Å². The molecule has 1 unspecified atom stereocenters. The largest absolute Gasteiger partial charge is 0.435 e. The fourth-order valence-electron chi connectivity index (χ4n) is 2.84. The molecule has 114 valence electrons. The molecule has 1 N–H and O–H groups in total. The number of amides is 1. The average Bonchev–Trinajstić information content (AvgIpc) is 3.18. The Morgan fingerprint density at radius 3 is 2.57 bits per heavy atom. The predicted octanol–water partition coefficient (Wildman–Crippen LogP) is 2.66. The first-order valence-electron chi connectivity index (χ1n) is 7.19. The standard InChI is InChI=1S/C15H18F2N2O2/c1-2-9-19-12(18-15(7-8-15)13(19)20)10-3-5-11(6-4-10)21-14(16)17/h3-6,12,14,18H,2,7-9H2,1H3. The molecule has 3 rings (SSSR count). The second kappa shape index (κ2) is 5.26. The van der Waals surface area contributed by atoms with E-state index in [1.165, 1.54) is 12.1 Å². The highest BCUT2D eigenvalue weighted by molar-refractivity contribution is 5.92. The van der Waals surface area contributed by atoms with Gasteiger partial charge in [-0.25, -0.2) is 0 Å². The Hall–Kier alpha value is -1.69. The molecule has 1 aromatic carbocycles. The molecule has 0 bridgehead atoms. The molecule has 4 nitrogen and oxygen atoms in total. The Morgan fingerprint density at radius 2 is 2.05 bits per heavy atom. The second-order valence-corrected chi connectivity index (χ2v) is 5.58. The Bertz CT molecular complexity index is 529. The normalized spacial score (nSPS) is 23.1. The fourth-order valence-corrected chi connectivity index (χ4v) is 2.84. The lowest BCUT2D eigenvalue weighted by Gasteiger charge is -2.24. The summed E-state index contributed by atoms with van der Waals surface area (Å²) in [7, 11) is 0. The van der Waals surface area contributed by atoms with Crippen molar-refractivity contribution in [3.05, 3.63) is 29.8 Å². The van der Waals surface area contributed by atoms with Crippen LogP contribution < -0.4 is 10.1 Å². The first-order valence-corrected chi connectivity index (χ1v) is 7.19. The molecule has 2 fully saturated rings. The maximum atomic E-state index is 12.4. The van der Waals surface area contributed by atoms with E-state index >= 15 is 0 Å². The van der Waals surface area contributed by atoms with E-state index in [2.05, 4.69) is 10.1 Å². The van der Waals surface area contributed by atoms with Crippen molar-refractivity contribution >= 4 is 5.91 Å². The van der Waals surface area contributed by atoms with Crippen molar-refractivity contribution in [2.75, 3.05) is 6.54 Å². The molecule has 1 spiro atoms. The summed E-state index contributed by atoms with van der Waals surface area (Å²) in [6.45, 7) is -0.108. The number of hydrogen-bond acceptors (Lipinski definition) is 3. The molecule has 0 aromatic heterocycles. The van der Waals surface area contributed by atoms with E-state index in [0.717, 1.165) is 24.8 Å². The van der Waals surface area contributed by atoms with Gasteiger partial charge in [0.25, 0.3) is 0 Å². The molecule has 1 aliphatic carbocycles. The number of halogens is 2. The zero-order valence-electron chi connectivity index (χ0n) is 11.8. The first kappa shape index (κ1) is 14.3. The minimum atomic E-state index is -2.83. The molecule has 1 saturated heterocycles. The topological polar surface area (TPSA) is 41.6 Å². The van der Waals surface area contributed by atoms with Crippen LogP contribution in [0.15, 0.2) is 24.3 Å². The lowest BCUT2D eigenvalue weighted by Crippen LogP contribution is -2.32. The number of rotatable bonds is 5. The van der Waals surface area contributed by atoms with Crippen LogP contribution >= 0.6 is 0 Å². The maximum absolute atomic E-state index is 12.4. The Kier molecular flexibility index (Phi) is 3.57. The third kappa shape index (κ3) is 2.60. The van der Waals surface area contributed by atoms with Crippen molar-refractivity contribution in [3.63, 3.8) is 0 Å². The number of nitrogens with zero attached hydrogens (tertiary/aromatic N) is 1. The highest BCUT2D eigenvalue weighted by Gasteiger charge is 2.59. The summed E-state index contributed by atoms with van der Waals surface area (Å²) in [4.78, 5) is 14.3. The number of hydrogen-bond donors (Lipinski definition) is 1. The molecule has 1 heterocycles. The average molecular weight is 296 g/mol. The third-order valence-corrected chi connectivity index (χ3v) is 4.03. The van der Waals surface area contributed by atoms with Crippen molar-refractivity contribution in [2.45, 2.75) is 44.5 Å². The summed E-state index contributed by atoms with van der Waals surface area (Å²) in [6.07, 6.45) is 2.44. The Labute approximate surface area is 122 Å². The first-order chi connectivity index (χ1) is 10.1. The lowest BCUT2D eigenvalue weighted by molar-refractivity contribution is -0.130. The minimum absolute atomic E-state index is 0.126. The highest BCUT2D eigenvalue weighted by atomic mass is 19.3. The molecule has 1 aromatic rings. The van der Waals surface area contributed by atoms with Gasteiger partial charge < -0.3 is 9.64 Å². The van der Waals surface area contributed by atoms with Crippen LogP contribution in [-0.2, 0) is 4.79 Å². The van der Waals surface area contributed by atoms with Crippen molar-refractivity contribution in [1.82, 2.24) is 10.2 Å². The van der Waals surface area contributed by atoms with E-state index in [0.29, 0.717) is 6.54 Å². The van der Waals surface area contributed by atoms with Crippen LogP contribution in [0.3, 0.4) is 0 Å². The number of ether oxygens (including phenoxy) is 1. The molecule has 1 atom stereocenters. The third-order valence-electron chi connectivity index (χ3n) is 4.03. The van der Waals surface area contributed by atoms with E-state index in [1.54, 1.807) is 12.1 Å². The number of benzene rings is 1. The van der Waals surface area contributed by atoms with E-state index in [1.807, 2.05) is 11.8 Å². The van der Waals surface area contributed by atoms with E-state index in [4.69, 9.17) is 0 Å². The van der Waals surface area contributed by atoms with Gasteiger partial charge in [0.2, 0.25) is 5.91 Å². The van der Waals surface area contributed by atoms with Gasteiger partial charge in [-0.15, -0.1) is 0 Å². The monoisotopic (exact) mass is 296 g/mol. The van der Waals surface area contributed by atoms with Gasteiger partial charge in [0.15, 0.2) is 0 Å². The van der Waals surface area contributed by atoms with Crippen LogP contribution in [0.25, 0.3) is 0 Å². The molecular formula is C15H18F2N2O2. The SMILES string of the molecule is CCCN1C(=O)C2(CC2)NC1c1ccc(OC(F)F)cc1. The maximum Gasteiger partial charge on any atom is 0.387 e. The number of carbonyl (C=O) groups is 1. The van der Waals surface area contributed by atoms with Gasteiger partial charge in [0.05, 0.1) is 0 Å². The van der Waals surface area contributed by atoms with Crippen molar-refractivity contribution in [1.29, 1.82) is 0 Å². The number of carbonyl (C=O) groups excluding carboxylic acids is 1. The Morgan fingerprint density at radius 1 is 1.38 bits per heavy atom. The van der Waals surface area contributed by atoms with Gasteiger partial charge in [-0.2, -0.15) is 8.78 Å². The summed E-state index contributed by atoms with van der Waals surface area (Å²) in [5, 5.41) is 3.39. The smallest absolute Gasteiger partial charge is 0.387 e. The van der Waals surface area contributed by atoms with Crippen molar-refractivity contribution in [3.8, 4) is 5.75 Å². The van der Waals surface area contributed by atoms with Crippen molar-refractivity contribution in [2.24, 2.45) is 0 Å². The summed E-state index contributed by atoms with van der Waals surface area (Å²) >= 11 is 0. The molecule has 6 heteroatoms. The molecular weight excluding hydrogens is 278 g/mol. The van der Waals surface area contributed by atoms with Crippen LogP contribution in [0, 0.1) is 0 Å². The summed E-state index contributed by atoms with van der Waals surface area (Å²) in [5.74, 6) is 0.281. The van der Waals surface area contributed by atoms with Gasteiger partial charge in [-0.1, -0.05) is 19.1 Å². The molecule has 1 aliphatic heterocycles. The zero-order chi connectivity index (χ0) is 15.0. The lowest BCUT2D eigenvalue weighted by atomic mass is 10.1. The number of nitrogens with one attached hydrogen (secondary N) is 1. The molecule has 0 radical (unpaired) electrons. The molecule has 1 amide bonds. The fraction of sp³-hybridized carbons (Fsp3) is 0.533. The summed E-state index contributed by atoms with van der Waals surface area (Å²) in [6, 6.07) is 6.48. The van der Waals surface area contributed by atoms with Gasteiger partial charge in [-0.3, -0.25) is 10.1 Å². The van der Waals surface area contributed by atoms with E-state index in [-0.39, 0.29) is 23.4 Å². The second-order valence-electron chi connectivity index (χ2n) is 5.58. The van der Waals surface area contributed by atoms with Gasteiger partial charge in [-0.05, 0) is 37.0 Å². The number of alkyl halides is 2. The van der Waals surface area contributed by atoms with Crippen LogP contribution in [0.1, 0.15) is 37.9 Å².